The molecule has 2 nitrogen and oxygen atoms in total. The summed E-state index contributed by atoms with van der Waals surface area (Å²) in [7, 11) is 0. The van der Waals surface area contributed by atoms with Crippen molar-refractivity contribution in [3.63, 3.8) is 0 Å². The van der Waals surface area contributed by atoms with E-state index in [0.29, 0.717) is 0 Å². The number of rotatable bonds is 16. The molecule has 0 aromatic carbocycles. The molecule has 0 aliphatic heterocycles. The fourth-order valence-corrected chi connectivity index (χ4v) is 3.36. The number of carboxylic acid groups (broad SMARTS) is 1. The van der Waals surface area contributed by atoms with Gasteiger partial charge >= 0.3 is 5.97 Å². The number of hydrogen-bond donors (Lipinski definition) is 1. The van der Waals surface area contributed by atoms with Gasteiger partial charge in [-0.1, -0.05) is 116 Å². The maximum Gasteiger partial charge on any atom is 0.306 e. The average Bonchev–Trinajstić information content (AvgIpc) is 3.49. The zero-order chi connectivity index (χ0) is 18.2. The van der Waals surface area contributed by atoms with Crippen molar-refractivity contribution in [2.24, 2.45) is 11.8 Å². The molecule has 0 unspecified atom stereocenters. The zero-order valence-electron chi connectivity index (χ0n) is 16.9. The van der Waals surface area contributed by atoms with E-state index in [9.17, 15) is 4.79 Å². The van der Waals surface area contributed by atoms with E-state index in [1.165, 1.54) is 96.3 Å². The maximum absolute atomic E-state index is 9.76. The molecule has 0 radical (unpaired) electrons. The van der Waals surface area contributed by atoms with E-state index in [0.717, 1.165) is 18.8 Å². The van der Waals surface area contributed by atoms with E-state index in [4.69, 9.17) is 5.11 Å². The van der Waals surface area contributed by atoms with Crippen molar-refractivity contribution >= 4 is 5.97 Å². The van der Waals surface area contributed by atoms with Gasteiger partial charge in [0.05, 0.1) is 5.92 Å². The van der Waals surface area contributed by atoms with Gasteiger partial charge in [0, 0.05) is 0 Å². The molecule has 148 valence electrons. The maximum atomic E-state index is 9.76. The minimum atomic E-state index is -0.630. The first-order valence-corrected chi connectivity index (χ1v) is 11.5. The summed E-state index contributed by atoms with van der Waals surface area (Å²) < 4.78 is 0. The van der Waals surface area contributed by atoms with Crippen molar-refractivity contribution in [2.45, 2.75) is 129 Å². The molecule has 0 bridgehead atoms. The van der Waals surface area contributed by atoms with Crippen molar-refractivity contribution in [3.05, 3.63) is 0 Å². The second-order valence-electron chi connectivity index (χ2n) is 8.44. The summed E-state index contributed by atoms with van der Waals surface area (Å²) >= 11 is 0. The Morgan fingerprint density at radius 3 is 1.36 bits per heavy atom. The Balaban J connectivity index is 0.000000435. The lowest BCUT2D eigenvalue weighted by Crippen LogP contribution is -1.94. The third-order valence-corrected chi connectivity index (χ3v) is 5.59. The molecule has 2 rings (SSSR count). The SMILES string of the molecule is CCCCCCCCCCCCCCCCC1CC1.O=C(O)C1CC1. The molecule has 2 aliphatic rings. The summed E-state index contributed by atoms with van der Waals surface area (Å²) in [5.41, 5.74) is 0. The van der Waals surface area contributed by atoms with Gasteiger partial charge in [0.25, 0.3) is 0 Å². The molecule has 0 amide bonds. The van der Waals surface area contributed by atoms with E-state index in [2.05, 4.69) is 6.92 Å². The van der Waals surface area contributed by atoms with Crippen LogP contribution in [-0.2, 0) is 4.79 Å². The third kappa shape index (κ3) is 16.7. The predicted octanol–water partition coefficient (Wildman–Crippen LogP) is 7.75. The van der Waals surface area contributed by atoms with E-state index in [-0.39, 0.29) is 5.92 Å². The van der Waals surface area contributed by atoms with Crippen LogP contribution in [0.5, 0.6) is 0 Å². The summed E-state index contributed by atoms with van der Waals surface area (Å²) in [6, 6.07) is 0. The highest BCUT2D eigenvalue weighted by molar-refractivity contribution is 5.72. The Hall–Kier alpha value is -0.530. The second-order valence-corrected chi connectivity index (χ2v) is 8.44. The normalized spacial score (nSPS) is 16.4. The molecule has 2 saturated carbocycles. The zero-order valence-corrected chi connectivity index (χ0v) is 16.9. The lowest BCUT2D eigenvalue weighted by Gasteiger charge is -2.03. The molecule has 2 fully saturated rings. The van der Waals surface area contributed by atoms with Crippen molar-refractivity contribution < 1.29 is 9.90 Å². The second kappa shape index (κ2) is 15.7. The topological polar surface area (TPSA) is 37.3 Å². The minimum Gasteiger partial charge on any atom is -0.481 e. The van der Waals surface area contributed by atoms with E-state index >= 15 is 0 Å². The molecule has 1 N–H and O–H groups in total. The lowest BCUT2D eigenvalue weighted by molar-refractivity contribution is -0.138. The largest absolute Gasteiger partial charge is 0.481 e. The van der Waals surface area contributed by atoms with Crippen LogP contribution in [0.15, 0.2) is 0 Å². The van der Waals surface area contributed by atoms with Gasteiger partial charge in [0.15, 0.2) is 0 Å². The summed E-state index contributed by atoms with van der Waals surface area (Å²) in [6.07, 6.45) is 27.2. The molecule has 2 aliphatic carbocycles. The van der Waals surface area contributed by atoms with E-state index in [1.54, 1.807) is 12.8 Å². The fourth-order valence-electron chi connectivity index (χ4n) is 3.36. The molecule has 0 saturated heterocycles. The first kappa shape index (κ1) is 22.5. The van der Waals surface area contributed by atoms with Crippen molar-refractivity contribution in [2.75, 3.05) is 0 Å². The van der Waals surface area contributed by atoms with Crippen molar-refractivity contribution in [1.82, 2.24) is 0 Å². The Labute approximate surface area is 157 Å². The van der Waals surface area contributed by atoms with E-state index < -0.39 is 5.97 Å². The van der Waals surface area contributed by atoms with Crippen molar-refractivity contribution in [1.29, 1.82) is 0 Å². The fraction of sp³-hybridized carbons (Fsp3) is 0.957. The molecule has 0 atom stereocenters. The number of carboxylic acids is 1. The standard InChI is InChI=1S/C19H38.C4H6O2/c1-2-3-4-5-6-7-8-9-10-11-12-13-14-15-16-19-17-18-19;5-4(6)3-1-2-3/h19H,2-18H2,1H3;3H,1-2H2,(H,5,6). The number of hydrogen-bond acceptors (Lipinski definition) is 1. The van der Waals surface area contributed by atoms with Gasteiger partial charge in [-0.2, -0.15) is 0 Å². The van der Waals surface area contributed by atoms with E-state index in [1.807, 2.05) is 0 Å². The molecule has 0 aromatic heterocycles. The molecular formula is C23H44O2. The van der Waals surface area contributed by atoms with Crippen LogP contribution < -0.4 is 0 Å². The highest BCUT2D eigenvalue weighted by atomic mass is 16.4. The minimum absolute atomic E-state index is 0.0185. The molecule has 2 heteroatoms. The summed E-state index contributed by atoms with van der Waals surface area (Å²) in [4.78, 5) is 9.76. The predicted molar refractivity (Wildman–Crippen MR) is 108 cm³/mol. The van der Waals surface area contributed by atoms with Gasteiger partial charge in [0.2, 0.25) is 0 Å². The highest BCUT2D eigenvalue weighted by Gasteiger charge is 2.28. The lowest BCUT2D eigenvalue weighted by atomic mass is 10.0. The first-order chi connectivity index (χ1) is 12.2. The first-order valence-electron chi connectivity index (χ1n) is 11.5. The Kier molecular flexibility index (Phi) is 14.1. The number of aliphatic carboxylic acids is 1. The van der Waals surface area contributed by atoms with Crippen LogP contribution in [0.25, 0.3) is 0 Å². The molecular weight excluding hydrogens is 308 g/mol. The summed E-state index contributed by atoms with van der Waals surface area (Å²) in [5, 5.41) is 8.05. The molecule has 0 spiro atoms. The Morgan fingerprint density at radius 1 is 0.680 bits per heavy atom. The summed E-state index contributed by atoms with van der Waals surface area (Å²) in [6.45, 7) is 2.30. The van der Waals surface area contributed by atoms with Crippen molar-refractivity contribution in [3.8, 4) is 0 Å². The van der Waals surface area contributed by atoms with Crippen LogP contribution in [0.2, 0.25) is 0 Å². The van der Waals surface area contributed by atoms with Crippen LogP contribution in [-0.4, -0.2) is 11.1 Å². The third-order valence-electron chi connectivity index (χ3n) is 5.59. The monoisotopic (exact) mass is 352 g/mol. The van der Waals surface area contributed by atoms with Crippen LogP contribution in [0.4, 0.5) is 0 Å². The number of unbranched alkanes of at least 4 members (excludes halogenated alkanes) is 13. The average molecular weight is 353 g/mol. The molecule has 0 heterocycles. The van der Waals surface area contributed by atoms with Gasteiger partial charge < -0.3 is 5.11 Å². The van der Waals surface area contributed by atoms with Crippen LogP contribution >= 0.6 is 0 Å². The summed E-state index contributed by atoms with van der Waals surface area (Å²) in [5.74, 6) is 0.539. The smallest absolute Gasteiger partial charge is 0.306 e. The van der Waals surface area contributed by atoms with Crippen LogP contribution in [0, 0.1) is 11.8 Å². The van der Waals surface area contributed by atoms with Gasteiger partial charge in [-0.25, -0.2) is 0 Å². The van der Waals surface area contributed by atoms with Gasteiger partial charge in [0.1, 0.15) is 0 Å². The van der Waals surface area contributed by atoms with Gasteiger partial charge in [-0.15, -0.1) is 0 Å². The van der Waals surface area contributed by atoms with Crippen LogP contribution in [0.1, 0.15) is 129 Å². The molecule has 0 aromatic rings. The highest BCUT2D eigenvalue weighted by Crippen LogP contribution is 2.34. The Bertz CT molecular complexity index is 305. The quantitative estimate of drug-likeness (QED) is 0.288. The Morgan fingerprint density at radius 2 is 1.08 bits per heavy atom. The van der Waals surface area contributed by atoms with Gasteiger partial charge in [-0.05, 0) is 18.8 Å². The van der Waals surface area contributed by atoms with Gasteiger partial charge in [-0.3, -0.25) is 4.79 Å². The van der Waals surface area contributed by atoms with Crippen LogP contribution in [0.3, 0.4) is 0 Å². The molecule has 25 heavy (non-hydrogen) atoms. The number of carbonyl (C=O) groups is 1.